The van der Waals surface area contributed by atoms with Crippen molar-refractivity contribution in [3.8, 4) is 11.5 Å². The van der Waals surface area contributed by atoms with Gasteiger partial charge in [-0.2, -0.15) is 4.39 Å². The van der Waals surface area contributed by atoms with Gasteiger partial charge in [0.2, 0.25) is 5.95 Å². The highest BCUT2D eigenvalue weighted by atomic mass is 19.1. The van der Waals surface area contributed by atoms with E-state index >= 15 is 0 Å². The van der Waals surface area contributed by atoms with Gasteiger partial charge in [0, 0.05) is 0 Å². The Morgan fingerprint density at radius 1 is 1.37 bits per heavy atom. The van der Waals surface area contributed by atoms with Crippen molar-refractivity contribution >= 4 is 11.7 Å². The van der Waals surface area contributed by atoms with Crippen molar-refractivity contribution in [3.63, 3.8) is 0 Å². The highest BCUT2D eigenvalue weighted by Gasteiger charge is 2.13. The fraction of sp³-hybridized carbons (Fsp3) is 0.0769. The lowest BCUT2D eigenvalue weighted by atomic mass is 10.1. The Labute approximate surface area is 108 Å². The Hall–Kier alpha value is -2.63. The first kappa shape index (κ1) is 12.8. The molecule has 0 aliphatic heterocycles. The molecule has 1 amide bonds. The van der Waals surface area contributed by atoms with Gasteiger partial charge in [-0.3, -0.25) is 4.79 Å². The van der Waals surface area contributed by atoms with E-state index in [1.165, 1.54) is 43.5 Å². The number of rotatable bonds is 3. The molecule has 6 heteroatoms. The topological polar surface area (TPSA) is 71.5 Å². The van der Waals surface area contributed by atoms with Crippen LogP contribution >= 0.6 is 0 Å². The summed E-state index contributed by atoms with van der Waals surface area (Å²) in [6, 6.07) is 8.27. The number of methoxy groups -OCH3 is 1. The smallest absolute Gasteiger partial charge is 0.260 e. The van der Waals surface area contributed by atoms with E-state index in [4.69, 9.17) is 4.74 Å². The molecule has 2 aromatic rings. The van der Waals surface area contributed by atoms with Gasteiger partial charge in [0.05, 0.1) is 12.7 Å². The average Bonchev–Trinajstić information content (AvgIpc) is 2.39. The molecule has 5 nitrogen and oxygen atoms in total. The van der Waals surface area contributed by atoms with Crippen molar-refractivity contribution in [2.24, 2.45) is 0 Å². The summed E-state index contributed by atoms with van der Waals surface area (Å²) in [5.41, 5.74) is 0.0189. The van der Waals surface area contributed by atoms with E-state index in [1.54, 1.807) is 0 Å². The summed E-state index contributed by atoms with van der Waals surface area (Å²) < 4.78 is 17.8. The van der Waals surface area contributed by atoms with Crippen molar-refractivity contribution in [2.45, 2.75) is 0 Å². The minimum atomic E-state index is -0.701. The third kappa shape index (κ3) is 2.98. The van der Waals surface area contributed by atoms with Crippen molar-refractivity contribution in [1.29, 1.82) is 0 Å². The largest absolute Gasteiger partial charge is 0.507 e. The molecule has 2 rings (SSSR count). The summed E-state index contributed by atoms with van der Waals surface area (Å²) >= 11 is 0. The molecule has 0 aliphatic rings. The number of amides is 1. The lowest BCUT2D eigenvalue weighted by Crippen LogP contribution is -2.13. The molecule has 0 saturated carbocycles. The van der Waals surface area contributed by atoms with Gasteiger partial charge >= 0.3 is 0 Å². The molecule has 0 fully saturated rings. The first-order chi connectivity index (χ1) is 9.10. The Morgan fingerprint density at radius 3 is 2.84 bits per heavy atom. The van der Waals surface area contributed by atoms with E-state index in [0.29, 0.717) is 5.75 Å². The molecular formula is C13H11FN2O3. The number of ether oxygens (including phenoxy) is 1. The molecule has 98 valence electrons. The summed E-state index contributed by atoms with van der Waals surface area (Å²) in [5, 5.41) is 12.0. The molecule has 0 radical (unpaired) electrons. The molecule has 2 N–H and O–H groups in total. The number of carbonyl (C=O) groups excluding carboxylic acids is 1. The van der Waals surface area contributed by atoms with Crippen LogP contribution in [0.15, 0.2) is 36.4 Å². The number of nitrogens with one attached hydrogen (secondary N) is 1. The minimum Gasteiger partial charge on any atom is -0.507 e. The number of phenols is 1. The number of benzene rings is 1. The third-order valence-corrected chi connectivity index (χ3v) is 2.41. The average molecular weight is 262 g/mol. The molecule has 0 atom stereocenters. The number of anilines is 1. The maximum absolute atomic E-state index is 12.9. The molecule has 1 aromatic heterocycles. The summed E-state index contributed by atoms with van der Waals surface area (Å²) in [6.45, 7) is 0. The quantitative estimate of drug-likeness (QED) is 0.832. The van der Waals surface area contributed by atoms with Gasteiger partial charge in [0.25, 0.3) is 5.91 Å². The van der Waals surface area contributed by atoms with E-state index in [-0.39, 0.29) is 17.1 Å². The molecule has 0 unspecified atom stereocenters. The summed E-state index contributed by atoms with van der Waals surface area (Å²) in [4.78, 5) is 15.4. The van der Waals surface area contributed by atoms with Gasteiger partial charge in [-0.15, -0.1) is 0 Å². The van der Waals surface area contributed by atoms with Crippen LogP contribution in [0.4, 0.5) is 10.2 Å². The fourth-order valence-electron chi connectivity index (χ4n) is 1.49. The number of hydrogen-bond donors (Lipinski definition) is 2. The Morgan fingerprint density at radius 2 is 2.16 bits per heavy atom. The number of carbonyl (C=O) groups is 1. The zero-order valence-corrected chi connectivity index (χ0v) is 10.1. The van der Waals surface area contributed by atoms with E-state index < -0.39 is 11.9 Å². The van der Waals surface area contributed by atoms with E-state index in [1.807, 2.05) is 0 Å². The van der Waals surface area contributed by atoms with E-state index in [0.717, 1.165) is 0 Å². The van der Waals surface area contributed by atoms with Crippen LogP contribution in [0.1, 0.15) is 10.4 Å². The lowest BCUT2D eigenvalue weighted by Gasteiger charge is -2.07. The number of aromatic hydroxyl groups is 1. The van der Waals surface area contributed by atoms with Crippen LogP contribution in [0.5, 0.6) is 11.5 Å². The molecule has 0 spiro atoms. The fourth-order valence-corrected chi connectivity index (χ4v) is 1.49. The van der Waals surface area contributed by atoms with Crippen molar-refractivity contribution in [3.05, 3.63) is 47.9 Å². The monoisotopic (exact) mass is 262 g/mol. The zero-order chi connectivity index (χ0) is 13.8. The molecule has 19 heavy (non-hydrogen) atoms. The van der Waals surface area contributed by atoms with Crippen LogP contribution in [-0.2, 0) is 0 Å². The number of halogens is 1. The molecule has 1 heterocycles. The third-order valence-electron chi connectivity index (χ3n) is 2.41. The number of nitrogens with zero attached hydrogens (tertiary/aromatic N) is 1. The highest BCUT2D eigenvalue weighted by Crippen LogP contribution is 2.23. The molecular weight excluding hydrogens is 251 g/mol. The number of aromatic nitrogens is 1. The van der Waals surface area contributed by atoms with Crippen molar-refractivity contribution in [2.75, 3.05) is 12.4 Å². The predicted octanol–water partition coefficient (Wildman–Crippen LogP) is 2.19. The van der Waals surface area contributed by atoms with E-state index in [2.05, 4.69) is 10.3 Å². The highest BCUT2D eigenvalue weighted by molar-refractivity contribution is 6.05. The van der Waals surface area contributed by atoms with Gasteiger partial charge in [0.15, 0.2) is 0 Å². The second kappa shape index (κ2) is 5.34. The summed E-state index contributed by atoms with van der Waals surface area (Å²) in [7, 11) is 1.45. The molecule has 0 bridgehead atoms. The maximum Gasteiger partial charge on any atom is 0.260 e. The zero-order valence-electron chi connectivity index (χ0n) is 10.1. The normalized spacial score (nSPS) is 10.0. The second-order valence-electron chi connectivity index (χ2n) is 3.68. The number of pyridine rings is 1. The Kier molecular flexibility index (Phi) is 3.61. The van der Waals surface area contributed by atoms with Crippen molar-refractivity contribution in [1.82, 2.24) is 4.98 Å². The lowest BCUT2D eigenvalue weighted by molar-refractivity contribution is 0.102. The van der Waals surface area contributed by atoms with Gasteiger partial charge in [0.1, 0.15) is 17.3 Å². The SMILES string of the molecule is COc1ccc(O)c(C(=O)Nc2cccc(F)n2)c1. The summed E-state index contributed by atoms with van der Waals surface area (Å²) in [6.07, 6.45) is 0. The first-order valence-electron chi connectivity index (χ1n) is 5.41. The molecule has 1 aromatic carbocycles. The number of hydrogen-bond acceptors (Lipinski definition) is 4. The van der Waals surface area contributed by atoms with Gasteiger partial charge in [-0.1, -0.05) is 6.07 Å². The van der Waals surface area contributed by atoms with Gasteiger partial charge in [-0.25, -0.2) is 4.98 Å². The minimum absolute atomic E-state index is 0.0189. The van der Waals surface area contributed by atoms with E-state index in [9.17, 15) is 14.3 Å². The predicted molar refractivity (Wildman–Crippen MR) is 66.8 cm³/mol. The maximum atomic E-state index is 12.9. The molecule has 0 aliphatic carbocycles. The molecule has 0 saturated heterocycles. The van der Waals surface area contributed by atoms with Gasteiger partial charge in [-0.05, 0) is 30.3 Å². The van der Waals surface area contributed by atoms with Crippen LogP contribution in [0.3, 0.4) is 0 Å². The van der Waals surface area contributed by atoms with Crippen molar-refractivity contribution < 1.29 is 19.0 Å². The Bertz CT molecular complexity index is 617. The van der Waals surface area contributed by atoms with Crippen LogP contribution in [0.25, 0.3) is 0 Å². The second-order valence-corrected chi connectivity index (χ2v) is 3.68. The number of phenolic OH excluding ortho intramolecular Hbond substituents is 1. The van der Waals surface area contributed by atoms with Crippen LogP contribution in [0.2, 0.25) is 0 Å². The first-order valence-corrected chi connectivity index (χ1v) is 5.41. The van der Waals surface area contributed by atoms with Gasteiger partial charge < -0.3 is 15.2 Å². The summed E-state index contributed by atoms with van der Waals surface area (Å²) in [5.74, 6) is -1.01. The standard InChI is InChI=1S/C13H11FN2O3/c1-19-8-5-6-10(17)9(7-8)13(18)16-12-4-2-3-11(14)15-12/h2-7,17H,1H3,(H,15,16,18). The van der Waals surface area contributed by atoms with Crippen LogP contribution in [0, 0.1) is 5.95 Å². The van der Waals surface area contributed by atoms with Crippen LogP contribution < -0.4 is 10.1 Å². The Balaban J connectivity index is 2.25. The van der Waals surface area contributed by atoms with Crippen LogP contribution in [-0.4, -0.2) is 23.1 Å².